The van der Waals surface area contributed by atoms with E-state index in [4.69, 9.17) is 0 Å². The maximum Gasteiger partial charge on any atom is 0.326 e. The molecule has 0 radical (unpaired) electrons. The number of amides is 1. The van der Waals surface area contributed by atoms with Gasteiger partial charge in [0.15, 0.2) is 0 Å². The Morgan fingerprint density at radius 2 is 2.12 bits per heavy atom. The first-order valence-electron chi connectivity index (χ1n) is 8.68. The van der Waals surface area contributed by atoms with Crippen molar-refractivity contribution in [3.63, 3.8) is 0 Å². The van der Waals surface area contributed by atoms with Crippen LogP contribution < -0.4 is 11.0 Å². The van der Waals surface area contributed by atoms with Gasteiger partial charge in [0.2, 0.25) is 5.95 Å². The van der Waals surface area contributed by atoms with E-state index >= 15 is 0 Å². The van der Waals surface area contributed by atoms with E-state index in [-0.39, 0.29) is 17.6 Å². The Morgan fingerprint density at radius 3 is 2.96 bits per heavy atom. The zero-order valence-corrected chi connectivity index (χ0v) is 13.7. The van der Waals surface area contributed by atoms with Crippen molar-refractivity contribution in [3.8, 4) is 0 Å². The summed E-state index contributed by atoms with van der Waals surface area (Å²) in [6, 6.07) is 5.53. The molecule has 8 nitrogen and oxygen atoms in total. The number of anilines is 1. The fourth-order valence-electron chi connectivity index (χ4n) is 3.53. The van der Waals surface area contributed by atoms with Gasteiger partial charge in [-0.2, -0.15) is 0 Å². The predicted octanol–water partition coefficient (Wildman–Crippen LogP) is 1.84. The number of aromatic amines is 1. The van der Waals surface area contributed by atoms with Gasteiger partial charge in [0, 0.05) is 24.6 Å². The van der Waals surface area contributed by atoms with Crippen LogP contribution in [-0.4, -0.2) is 30.2 Å². The quantitative estimate of drug-likeness (QED) is 0.761. The van der Waals surface area contributed by atoms with Crippen molar-refractivity contribution < 1.29 is 4.79 Å². The molecule has 0 spiro atoms. The van der Waals surface area contributed by atoms with Crippen molar-refractivity contribution in [2.45, 2.75) is 44.7 Å². The van der Waals surface area contributed by atoms with Gasteiger partial charge in [0.05, 0.1) is 11.0 Å². The molecule has 1 aliphatic heterocycles. The van der Waals surface area contributed by atoms with Crippen molar-refractivity contribution in [1.82, 2.24) is 24.3 Å². The number of aryl methyl sites for hydroxylation is 1. The first-order valence-corrected chi connectivity index (χ1v) is 8.68. The second kappa shape index (κ2) is 5.30. The molecule has 2 aromatic heterocycles. The van der Waals surface area contributed by atoms with Crippen LogP contribution in [0.4, 0.5) is 5.95 Å². The summed E-state index contributed by atoms with van der Waals surface area (Å²) < 4.78 is 3.72. The average Bonchev–Trinajstić information content (AvgIpc) is 3.29. The lowest BCUT2D eigenvalue weighted by atomic mass is 10.1. The van der Waals surface area contributed by atoms with Gasteiger partial charge in [0.1, 0.15) is 5.82 Å². The summed E-state index contributed by atoms with van der Waals surface area (Å²) in [7, 11) is 0. The van der Waals surface area contributed by atoms with Gasteiger partial charge in [-0.05, 0) is 43.9 Å². The van der Waals surface area contributed by atoms with Crippen molar-refractivity contribution in [2.75, 3.05) is 5.32 Å². The van der Waals surface area contributed by atoms with Crippen molar-refractivity contribution in [1.29, 1.82) is 0 Å². The summed E-state index contributed by atoms with van der Waals surface area (Å²) in [4.78, 5) is 27.6. The van der Waals surface area contributed by atoms with Crippen LogP contribution in [0.5, 0.6) is 0 Å². The lowest BCUT2D eigenvalue weighted by molar-refractivity contribution is 0.102. The van der Waals surface area contributed by atoms with Crippen LogP contribution >= 0.6 is 0 Å². The minimum absolute atomic E-state index is 0.110. The van der Waals surface area contributed by atoms with Crippen LogP contribution in [-0.2, 0) is 13.0 Å². The van der Waals surface area contributed by atoms with E-state index in [2.05, 4.69) is 20.5 Å². The van der Waals surface area contributed by atoms with Gasteiger partial charge in [-0.25, -0.2) is 4.79 Å². The zero-order chi connectivity index (χ0) is 17.0. The highest BCUT2D eigenvalue weighted by Crippen LogP contribution is 2.35. The van der Waals surface area contributed by atoms with Crippen LogP contribution in [0.3, 0.4) is 0 Å². The summed E-state index contributed by atoms with van der Waals surface area (Å²) in [5.74, 6) is 1.18. The van der Waals surface area contributed by atoms with Crippen molar-refractivity contribution >= 4 is 22.9 Å². The molecule has 0 bridgehead atoms. The van der Waals surface area contributed by atoms with E-state index in [1.54, 1.807) is 22.8 Å². The smallest absolute Gasteiger partial charge is 0.306 e. The summed E-state index contributed by atoms with van der Waals surface area (Å²) in [6.45, 7) is 0.829. The topological polar surface area (TPSA) is 97.6 Å². The van der Waals surface area contributed by atoms with Gasteiger partial charge in [0.25, 0.3) is 5.91 Å². The molecule has 3 aromatic rings. The number of benzene rings is 1. The number of rotatable bonds is 3. The predicted molar refractivity (Wildman–Crippen MR) is 91.7 cm³/mol. The fraction of sp³-hybridized carbons (Fsp3) is 0.412. The number of imidazole rings is 1. The largest absolute Gasteiger partial charge is 0.326 e. The number of H-pyrrole nitrogens is 1. The lowest BCUT2D eigenvalue weighted by Gasteiger charge is -2.14. The molecule has 5 rings (SSSR count). The third-order valence-corrected chi connectivity index (χ3v) is 4.98. The van der Waals surface area contributed by atoms with Crippen LogP contribution in [0.25, 0.3) is 11.0 Å². The van der Waals surface area contributed by atoms with E-state index in [1.165, 1.54) is 0 Å². The van der Waals surface area contributed by atoms with E-state index in [0.717, 1.165) is 55.5 Å². The van der Waals surface area contributed by atoms with Gasteiger partial charge in [-0.15, -0.1) is 10.2 Å². The monoisotopic (exact) mass is 338 g/mol. The minimum atomic E-state index is -0.237. The third kappa shape index (κ3) is 2.36. The number of hydrogen-bond donors (Lipinski definition) is 2. The van der Waals surface area contributed by atoms with Crippen LogP contribution in [0.1, 0.15) is 47.9 Å². The Morgan fingerprint density at radius 1 is 1.24 bits per heavy atom. The second-order valence-corrected chi connectivity index (χ2v) is 6.77. The van der Waals surface area contributed by atoms with E-state index in [1.807, 2.05) is 4.57 Å². The van der Waals surface area contributed by atoms with Crippen LogP contribution in [0.15, 0.2) is 23.0 Å². The summed E-state index contributed by atoms with van der Waals surface area (Å²) >= 11 is 0. The Labute approximate surface area is 142 Å². The van der Waals surface area contributed by atoms with Gasteiger partial charge >= 0.3 is 5.69 Å². The number of fused-ring (bicyclic) bond motifs is 2. The standard InChI is InChI=1S/C17H18N6O2/c24-15(19-16-21-20-14-3-1-2-8-22(14)16)10-4-7-12-13(9-10)23(11-5-6-11)17(25)18-12/h4,7,9,11H,1-3,5-6,8H2,(H,18,25)(H,19,21,24). The molecule has 25 heavy (non-hydrogen) atoms. The highest BCUT2D eigenvalue weighted by molar-refractivity contribution is 6.05. The van der Waals surface area contributed by atoms with Gasteiger partial charge < -0.3 is 4.98 Å². The maximum absolute atomic E-state index is 12.7. The molecule has 128 valence electrons. The Balaban J connectivity index is 1.48. The second-order valence-electron chi connectivity index (χ2n) is 6.77. The number of carbonyl (C=O) groups excluding carboxylic acids is 1. The number of nitrogens with one attached hydrogen (secondary N) is 2. The Hall–Kier alpha value is -2.90. The van der Waals surface area contributed by atoms with Gasteiger partial charge in [-0.1, -0.05) is 0 Å². The first kappa shape index (κ1) is 14.4. The van der Waals surface area contributed by atoms with Crippen LogP contribution in [0.2, 0.25) is 0 Å². The zero-order valence-electron chi connectivity index (χ0n) is 13.7. The number of hydrogen-bond acceptors (Lipinski definition) is 4. The minimum Gasteiger partial charge on any atom is -0.306 e. The molecule has 1 aromatic carbocycles. The Kier molecular flexibility index (Phi) is 3.06. The Bertz CT molecular complexity index is 1040. The maximum atomic E-state index is 12.7. The molecule has 1 aliphatic carbocycles. The SMILES string of the molecule is O=C(Nc1nnc2n1CCCC2)c1ccc2[nH]c(=O)n(C3CC3)c2c1. The molecular weight excluding hydrogens is 320 g/mol. The van der Waals surface area contributed by atoms with Crippen molar-refractivity contribution in [2.24, 2.45) is 0 Å². The van der Waals surface area contributed by atoms with E-state index < -0.39 is 0 Å². The molecule has 0 unspecified atom stereocenters. The molecule has 1 amide bonds. The summed E-state index contributed by atoms with van der Waals surface area (Å²) in [6.07, 6.45) is 5.09. The number of nitrogens with zero attached hydrogens (tertiary/aromatic N) is 4. The highest BCUT2D eigenvalue weighted by atomic mass is 16.2. The summed E-state index contributed by atoms with van der Waals surface area (Å²) in [5, 5.41) is 11.1. The number of carbonyl (C=O) groups is 1. The first-order chi connectivity index (χ1) is 12.2. The molecule has 1 saturated carbocycles. The van der Waals surface area contributed by atoms with Gasteiger partial charge in [-0.3, -0.25) is 19.2 Å². The molecule has 3 heterocycles. The van der Waals surface area contributed by atoms with E-state index in [9.17, 15) is 9.59 Å². The number of aromatic nitrogens is 5. The fourth-order valence-corrected chi connectivity index (χ4v) is 3.53. The molecule has 8 heteroatoms. The van der Waals surface area contributed by atoms with Crippen molar-refractivity contribution in [3.05, 3.63) is 40.1 Å². The highest BCUT2D eigenvalue weighted by Gasteiger charge is 2.27. The molecule has 2 aliphatic rings. The molecule has 0 atom stereocenters. The normalized spacial score (nSPS) is 16.8. The lowest BCUT2D eigenvalue weighted by Crippen LogP contribution is -2.19. The molecule has 1 fully saturated rings. The van der Waals surface area contributed by atoms with Crippen LogP contribution in [0, 0.1) is 0 Å². The molecule has 2 N–H and O–H groups in total. The van der Waals surface area contributed by atoms with E-state index in [0.29, 0.717) is 11.5 Å². The third-order valence-electron chi connectivity index (χ3n) is 4.98. The average molecular weight is 338 g/mol. The molecular formula is C17H18N6O2. The summed E-state index contributed by atoms with van der Waals surface area (Å²) in [5.41, 5.74) is 1.94. The molecule has 0 saturated heterocycles.